The third-order valence-corrected chi connectivity index (χ3v) is 3.70. The number of ether oxygens (including phenoxy) is 1. The summed E-state index contributed by atoms with van der Waals surface area (Å²) in [6, 6.07) is 7.38. The molecule has 3 N–H and O–H groups in total. The normalized spacial score (nSPS) is 14.2. The first-order chi connectivity index (χ1) is 12.4. The average molecular weight is 368 g/mol. The Morgan fingerprint density at radius 1 is 1.19 bits per heavy atom. The maximum atomic E-state index is 12.4. The minimum atomic E-state index is -4.74. The number of hydrogen-bond acceptors (Lipinski definition) is 6. The SMILES string of the molecule is OCCCNc1nc(Nc2cccc(OC(F)(F)F)c2)cc(C2CC2)n1. The molecule has 0 atom stereocenters. The molecule has 0 amide bonds. The summed E-state index contributed by atoms with van der Waals surface area (Å²) in [6.07, 6.45) is -2.06. The maximum Gasteiger partial charge on any atom is 0.573 e. The summed E-state index contributed by atoms with van der Waals surface area (Å²) in [4.78, 5) is 8.79. The predicted molar refractivity (Wildman–Crippen MR) is 90.6 cm³/mol. The summed E-state index contributed by atoms with van der Waals surface area (Å²) >= 11 is 0. The van der Waals surface area contributed by atoms with Crippen molar-refractivity contribution in [3.8, 4) is 5.75 Å². The van der Waals surface area contributed by atoms with Crippen molar-refractivity contribution in [2.24, 2.45) is 0 Å². The van der Waals surface area contributed by atoms with E-state index in [2.05, 4.69) is 25.3 Å². The second-order valence-corrected chi connectivity index (χ2v) is 5.98. The first-order valence-electron chi connectivity index (χ1n) is 8.29. The van der Waals surface area contributed by atoms with Crippen LogP contribution >= 0.6 is 0 Å². The lowest BCUT2D eigenvalue weighted by molar-refractivity contribution is -0.274. The Balaban J connectivity index is 1.77. The molecule has 0 saturated heterocycles. The quantitative estimate of drug-likeness (QED) is 0.615. The summed E-state index contributed by atoms with van der Waals surface area (Å²) in [5.41, 5.74) is 1.31. The van der Waals surface area contributed by atoms with Crippen LogP contribution in [0.5, 0.6) is 5.75 Å². The van der Waals surface area contributed by atoms with Gasteiger partial charge in [-0.2, -0.15) is 4.98 Å². The summed E-state index contributed by atoms with van der Waals surface area (Å²) < 4.78 is 41.0. The number of rotatable bonds is 8. The van der Waals surface area contributed by atoms with Gasteiger partial charge in [0.15, 0.2) is 0 Å². The Bertz CT molecular complexity index is 751. The molecule has 6 nitrogen and oxygen atoms in total. The van der Waals surface area contributed by atoms with Crippen molar-refractivity contribution in [3.63, 3.8) is 0 Å². The van der Waals surface area contributed by atoms with Crippen molar-refractivity contribution in [2.75, 3.05) is 23.8 Å². The lowest BCUT2D eigenvalue weighted by Crippen LogP contribution is -2.17. The van der Waals surface area contributed by atoms with Gasteiger partial charge >= 0.3 is 6.36 Å². The van der Waals surface area contributed by atoms with Crippen LogP contribution in [-0.2, 0) is 0 Å². The van der Waals surface area contributed by atoms with Crippen LogP contribution in [0.25, 0.3) is 0 Å². The number of aliphatic hydroxyl groups excluding tert-OH is 1. The third kappa shape index (κ3) is 5.48. The predicted octanol–water partition coefficient (Wildman–Crippen LogP) is 3.79. The number of aromatic nitrogens is 2. The van der Waals surface area contributed by atoms with Crippen LogP contribution < -0.4 is 15.4 Å². The van der Waals surface area contributed by atoms with E-state index in [-0.39, 0.29) is 12.4 Å². The van der Waals surface area contributed by atoms with Crippen molar-refractivity contribution < 1.29 is 23.0 Å². The Morgan fingerprint density at radius 3 is 2.69 bits per heavy atom. The van der Waals surface area contributed by atoms with E-state index in [1.54, 1.807) is 12.1 Å². The molecule has 3 rings (SSSR count). The second-order valence-electron chi connectivity index (χ2n) is 5.98. The van der Waals surface area contributed by atoms with Gasteiger partial charge in [0.25, 0.3) is 0 Å². The first-order valence-corrected chi connectivity index (χ1v) is 8.29. The highest BCUT2D eigenvalue weighted by Crippen LogP contribution is 2.40. The van der Waals surface area contributed by atoms with Gasteiger partial charge in [-0.1, -0.05) is 6.07 Å². The van der Waals surface area contributed by atoms with Crippen molar-refractivity contribution in [3.05, 3.63) is 36.0 Å². The number of nitrogens with one attached hydrogen (secondary N) is 2. The summed E-state index contributed by atoms with van der Waals surface area (Å²) in [5.74, 6) is 0.989. The molecule has 0 unspecified atom stereocenters. The standard InChI is InChI=1S/C17H19F3N4O2/c18-17(19,20)26-13-4-1-3-12(9-13)22-15-10-14(11-5-6-11)23-16(24-15)21-7-2-8-25/h1,3-4,9-11,25H,2,5-8H2,(H2,21,22,23,24). The molecule has 1 aliphatic rings. The lowest BCUT2D eigenvalue weighted by Gasteiger charge is -2.13. The zero-order chi connectivity index (χ0) is 18.6. The van der Waals surface area contributed by atoms with Gasteiger partial charge in [0.2, 0.25) is 5.95 Å². The van der Waals surface area contributed by atoms with Crippen LogP contribution in [0.3, 0.4) is 0 Å². The van der Waals surface area contributed by atoms with Crippen molar-refractivity contribution in [1.29, 1.82) is 0 Å². The fourth-order valence-corrected chi connectivity index (χ4v) is 2.40. The van der Waals surface area contributed by atoms with Crippen LogP contribution in [0.2, 0.25) is 0 Å². The fourth-order valence-electron chi connectivity index (χ4n) is 2.40. The minimum absolute atomic E-state index is 0.0619. The third-order valence-electron chi connectivity index (χ3n) is 3.70. The van der Waals surface area contributed by atoms with Crippen molar-refractivity contribution >= 4 is 17.5 Å². The number of benzene rings is 1. The van der Waals surface area contributed by atoms with E-state index in [4.69, 9.17) is 5.11 Å². The first kappa shape index (κ1) is 18.2. The number of halogens is 3. The molecule has 0 spiro atoms. The smallest absolute Gasteiger partial charge is 0.406 e. The molecule has 1 aliphatic carbocycles. The number of aliphatic hydroxyl groups is 1. The summed E-state index contributed by atoms with van der Waals surface area (Å²) in [5, 5.41) is 14.9. The molecule has 1 aromatic carbocycles. The molecular formula is C17H19F3N4O2. The van der Waals surface area contributed by atoms with E-state index in [0.29, 0.717) is 36.3 Å². The van der Waals surface area contributed by atoms with E-state index in [1.165, 1.54) is 18.2 Å². The van der Waals surface area contributed by atoms with Crippen molar-refractivity contribution in [2.45, 2.75) is 31.5 Å². The molecule has 1 fully saturated rings. The average Bonchev–Trinajstić information content (AvgIpc) is 3.38. The van der Waals surface area contributed by atoms with Gasteiger partial charge in [-0.25, -0.2) is 4.98 Å². The van der Waals surface area contributed by atoms with E-state index in [1.807, 2.05) is 0 Å². The van der Waals surface area contributed by atoms with E-state index >= 15 is 0 Å². The van der Waals surface area contributed by atoms with Gasteiger partial charge in [0.05, 0.1) is 5.69 Å². The highest BCUT2D eigenvalue weighted by atomic mass is 19.4. The van der Waals surface area contributed by atoms with Crippen LogP contribution in [0, 0.1) is 0 Å². The Hall–Kier alpha value is -2.55. The van der Waals surface area contributed by atoms with Crippen LogP contribution in [-0.4, -0.2) is 34.6 Å². The monoisotopic (exact) mass is 368 g/mol. The molecule has 140 valence electrons. The summed E-state index contributed by atoms with van der Waals surface area (Å²) in [6.45, 7) is 0.589. The number of alkyl halides is 3. The Kier molecular flexibility index (Phi) is 5.46. The fraction of sp³-hybridized carbons (Fsp3) is 0.412. The molecular weight excluding hydrogens is 349 g/mol. The van der Waals surface area contributed by atoms with Gasteiger partial charge in [0, 0.05) is 36.9 Å². The molecule has 0 radical (unpaired) electrons. The second kappa shape index (κ2) is 7.77. The van der Waals surface area contributed by atoms with E-state index in [0.717, 1.165) is 18.5 Å². The Labute approximate surface area is 148 Å². The topological polar surface area (TPSA) is 79.3 Å². The van der Waals surface area contributed by atoms with Gasteiger partial charge in [-0.3, -0.25) is 0 Å². The summed E-state index contributed by atoms with van der Waals surface area (Å²) in [7, 11) is 0. The van der Waals surface area contributed by atoms with Gasteiger partial charge in [-0.05, 0) is 31.4 Å². The van der Waals surface area contributed by atoms with E-state index < -0.39 is 6.36 Å². The van der Waals surface area contributed by atoms with E-state index in [9.17, 15) is 13.2 Å². The molecule has 1 saturated carbocycles. The van der Waals surface area contributed by atoms with Gasteiger partial charge in [-0.15, -0.1) is 13.2 Å². The molecule has 0 bridgehead atoms. The zero-order valence-electron chi connectivity index (χ0n) is 13.9. The molecule has 2 aromatic rings. The largest absolute Gasteiger partial charge is 0.573 e. The van der Waals surface area contributed by atoms with Gasteiger partial charge in [0.1, 0.15) is 11.6 Å². The molecule has 1 aromatic heterocycles. The van der Waals surface area contributed by atoms with Crippen LogP contribution in [0.4, 0.5) is 30.6 Å². The van der Waals surface area contributed by atoms with Crippen LogP contribution in [0.15, 0.2) is 30.3 Å². The Morgan fingerprint density at radius 2 is 2.00 bits per heavy atom. The lowest BCUT2D eigenvalue weighted by atomic mass is 10.2. The molecule has 26 heavy (non-hydrogen) atoms. The highest BCUT2D eigenvalue weighted by Gasteiger charge is 2.31. The highest BCUT2D eigenvalue weighted by molar-refractivity contribution is 5.59. The van der Waals surface area contributed by atoms with Gasteiger partial charge < -0.3 is 20.5 Å². The number of hydrogen-bond donors (Lipinski definition) is 3. The zero-order valence-corrected chi connectivity index (χ0v) is 13.9. The maximum absolute atomic E-state index is 12.4. The number of anilines is 3. The van der Waals surface area contributed by atoms with Crippen molar-refractivity contribution in [1.82, 2.24) is 9.97 Å². The molecule has 1 heterocycles. The van der Waals surface area contributed by atoms with Crippen LogP contribution in [0.1, 0.15) is 30.9 Å². The molecule has 0 aliphatic heterocycles. The molecule has 9 heteroatoms. The number of nitrogens with zero attached hydrogens (tertiary/aromatic N) is 2. The minimum Gasteiger partial charge on any atom is -0.406 e.